The third kappa shape index (κ3) is 5.82. The van der Waals surface area contributed by atoms with Gasteiger partial charge in [0.1, 0.15) is 5.75 Å². The Labute approximate surface area is 161 Å². The normalized spacial score (nSPS) is 15.1. The molecule has 0 unspecified atom stereocenters. The van der Waals surface area contributed by atoms with E-state index in [0.29, 0.717) is 23.7 Å². The Morgan fingerprint density at radius 1 is 1.04 bits per heavy atom. The second-order valence-electron chi connectivity index (χ2n) is 7.12. The van der Waals surface area contributed by atoms with E-state index in [1.807, 2.05) is 48.5 Å². The summed E-state index contributed by atoms with van der Waals surface area (Å²) in [5, 5.41) is 9.39. The van der Waals surface area contributed by atoms with Gasteiger partial charge in [0, 0.05) is 6.42 Å². The summed E-state index contributed by atoms with van der Waals surface area (Å²) in [5.74, 6) is 1.08. The van der Waals surface area contributed by atoms with Crippen molar-refractivity contribution in [1.29, 1.82) is 5.26 Å². The fourth-order valence-electron chi connectivity index (χ4n) is 3.58. The highest BCUT2D eigenvalue weighted by Gasteiger charge is 2.15. The Morgan fingerprint density at radius 3 is 2.41 bits per heavy atom. The second-order valence-corrected chi connectivity index (χ2v) is 7.12. The molecule has 0 spiro atoms. The fraction of sp³-hybridized carbons (Fsp3) is 0.333. The predicted octanol–water partition coefficient (Wildman–Crippen LogP) is 6.02. The molecule has 2 aromatic rings. The largest absolute Gasteiger partial charge is 0.427 e. The van der Waals surface area contributed by atoms with Gasteiger partial charge in [0.25, 0.3) is 0 Å². The molecule has 0 N–H and O–H groups in total. The van der Waals surface area contributed by atoms with Crippen LogP contribution in [0.4, 0.5) is 0 Å². The van der Waals surface area contributed by atoms with E-state index >= 15 is 0 Å². The van der Waals surface area contributed by atoms with Crippen LogP contribution in [0.5, 0.6) is 5.75 Å². The summed E-state index contributed by atoms with van der Waals surface area (Å²) in [6, 6.07) is 19.1. The van der Waals surface area contributed by atoms with Gasteiger partial charge in [-0.3, -0.25) is 4.79 Å². The minimum Gasteiger partial charge on any atom is -0.427 e. The third-order valence-corrected chi connectivity index (χ3v) is 5.11. The summed E-state index contributed by atoms with van der Waals surface area (Å²) >= 11 is 0. The van der Waals surface area contributed by atoms with Crippen LogP contribution in [0.25, 0.3) is 11.6 Å². The summed E-state index contributed by atoms with van der Waals surface area (Å²) in [4.78, 5) is 12.1. The van der Waals surface area contributed by atoms with Crippen molar-refractivity contribution in [2.24, 2.45) is 5.92 Å². The van der Waals surface area contributed by atoms with Crippen molar-refractivity contribution < 1.29 is 9.53 Å². The Hall–Kier alpha value is -2.86. The lowest BCUT2D eigenvalue weighted by Crippen LogP contribution is -2.12. The maximum Gasteiger partial charge on any atom is 0.311 e. The molecule has 1 saturated carbocycles. The van der Waals surface area contributed by atoms with Gasteiger partial charge in [0.15, 0.2) is 0 Å². The van der Waals surface area contributed by atoms with Crippen LogP contribution in [0.1, 0.15) is 56.1 Å². The van der Waals surface area contributed by atoms with Gasteiger partial charge in [-0.25, -0.2) is 0 Å². The summed E-state index contributed by atoms with van der Waals surface area (Å²) in [6.45, 7) is 0. The maximum absolute atomic E-state index is 12.1. The number of carbonyl (C=O) groups excluding carboxylic acids is 1. The van der Waals surface area contributed by atoms with Gasteiger partial charge in [-0.1, -0.05) is 74.6 Å². The van der Waals surface area contributed by atoms with Crippen LogP contribution in [0.2, 0.25) is 0 Å². The predicted molar refractivity (Wildman–Crippen MR) is 108 cm³/mol. The van der Waals surface area contributed by atoms with Crippen LogP contribution in [0.3, 0.4) is 0 Å². The summed E-state index contributed by atoms with van der Waals surface area (Å²) < 4.78 is 5.45. The molecular weight excluding hydrogens is 334 g/mol. The number of nitrogens with zero attached hydrogens (tertiary/aromatic N) is 1. The highest BCUT2D eigenvalue weighted by Crippen LogP contribution is 2.27. The van der Waals surface area contributed by atoms with E-state index in [0.717, 1.165) is 17.5 Å². The number of rotatable bonds is 6. The zero-order valence-corrected chi connectivity index (χ0v) is 15.6. The lowest BCUT2D eigenvalue weighted by Gasteiger charge is -2.20. The van der Waals surface area contributed by atoms with E-state index in [4.69, 9.17) is 4.74 Å². The Balaban J connectivity index is 1.56. The molecule has 138 valence electrons. The lowest BCUT2D eigenvalue weighted by molar-refractivity contribution is -0.134. The average Bonchev–Trinajstić information content (AvgIpc) is 2.73. The molecule has 0 amide bonds. The van der Waals surface area contributed by atoms with E-state index in [1.54, 1.807) is 12.1 Å². The average molecular weight is 359 g/mol. The third-order valence-electron chi connectivity index (χ3n) is 5.11. The molecule has 2 aromatic carbocycles. The molecule has 1 fully saturated rings. The zero-order chi connectivity index (χ0) is 18.9. The van der Waals surface area contributed by atoms with Crippen molar-refractivity contribution in [3.05, 3.63) is 65.7 Å². The van der Waals surface area contributed by atoms with Crippen LogP contribution < -0.4 is 4.74 Å². The first-order chi connectivity index (χ1) is 13.2. The molecule has 1 aliphatic carbocycles. The van der Waals surface area contributed by atoms with Gasteiger partial charge in [0.2, 0.25) is 0 Å². The minimum absolute atomic E-state index is 0.161. The monoisotopic (exact) mass is 359 g/mol. The molecule has 0 bridgehead atoms. The minimum atomic E-state index is -0.161. The Bertz CT molecular complexity index is 810. The molecule has 0 aliphatic heterocycles. The van der Waals surface area contributed by atoms with Crippen LogP contribution >= 0.6 is 0 Å². The number of hydrogen-bond donors (Lipinski definition) is 0. The first-order valence-corrected chi connectivity index (χ1v) is 9.72. The van der Waals surface area contributed by atoms with Crippen LogP contribution in [0.15, 0.2) is 54.6 Å². The number of hydrogen-bond acceptors (Lipinski definition) is 3. The van der Waals surface area contributed by atoms with Crippen LogP contribution in [-0.2, 0) is 4.79 Å². The standard InChI is InChI=1S/C24H25NO2/c25-18-22(21-9-5-2-6-10-21)17-20-11-14-23(15-12-20)27-24(26)16-13-19-7-3-1-4-8-19/h2,5-6,9-12,14-15,17,19H,1,3-4,7-8,13,16H2/b22-17-. The quantitative estimate of drug-likeness (QED) is 0.274. The SMILES string of the molecule is N#C/C(=C/c1ccc(OC(=O)CCC2CCCCC2)cc1)c1ccccc1. The van der Waals surface area contributed by atoms with Crippen molar-refractivity contribution in [2.75, 3.05) is 0 Å². The van der Waals surface area contributed by atoms with Gasteiger partial charge >= 0.3 is 5.97 Å². The highest BCUT2D eigenvalue weighted by molar-refractivity contribution is 5.89. The van der Waals surface area contributed by atoms with Gasteiger partial charge < -0.3 is 4.74 Å². The molecule has 0 saturated heterocycles. The Morgan fingerprint density at radius 2 is 1.74 bits per heavy atom. The van der Waals surface area contributed by atoms with Gasteiger partial charge in [-0.05, 0) is 41.7 Å². The van der Waals surface area contributed by atoms with Gasteiger partial charge in [-0.2, -0.15) is 5.26 Å². The van der Waals surface area contributed by atoms with Gasteiger partial charge in [0.05, 0.1) is 11.6 Å². The van der Waals surface area contributed by atoms with Crippen molar-refractivity contribution in [2.45, 2.75) is 44.9 Å². The molecule has 27 heavy (non-hydrogen) atoms. The van der Waals surface area contributed by atoms with E-state index < -0.39 is 0 Å². The molecule has 0 atom stereocenters. The van der Waals surface area contributed by atoms with Crippen molar-refractivity contribution in [1.82, 2.24) is 0 Å². The fourth-order valence-corrected chi connectivity index (χ4v) is 3.58. The molecule has 3 heteroatoms. The molecule has 1 aliphatic rings. The zero-order valence-electron chi connectivity index (χ0n) is 15.6. The number of carbonyl (C=O) groups is 1. The molecule has 0 aromatic heterocycles. The molecule has 3 rings (SSSR count). The second kappa shape index (κ2) is 9.73. The summed E-state index contributed by atoms with van der Waals surface area (Å²) in [7, 11) is 0. The van der Waals surface area contributed by atoms with E-state index in [9.17, 15) is 10.1 Å². The van der Waals surface area contributed by atoms with E-state index in [-0.39, 0.29) is 5.97 Å². The molecular formula is C24H25NO2. The van der Waals surface area contributed by atoms with E-state index in [2.05, 4.69) is 6.07 Å². The number of nitriles is 1. The molecule has 3 nitrogen and oxygen atoms in total. The molecule has 0 heterocycles. The number of ether oxygens (including phenoxy) is 1. The number of benzene rings is 2. The van der Waals surface area contributed by atoms with E-state index in [1.165, 1.54) is 32.1 Å². The summed E-state index contributed by atoms with van der Waals surface area (Å²) in [6.07, 6.45) is 9.67. The first-order valence-electron chi connectivity index (χ1n) is 9.72. The first kappa shape index (κ1) is 18.9. The van der Waals surface area contributed by atoms with Gasteiger partial charge in [-0.15, -0.1) is 0 Å². The van der Waals surface area contributed by atoms with Crippen molar-refractivity contribution >= 4 is 17.6 Å². The number of esters is 1. The van der Waals surface area contributed by atoms with Crippen molar-refractivity contribution in [3.63, 3.8) is 0 Å². The van der Waals surface area contributed by atoms with Crippen LogP contribution in [0, 0.1) is 17.2 Å². The lowest BCUT2D eigenvalue weighted by atomic mass is 9.86. The Kier molecular flexibility index (Phi) is 6.82. The van der Waals surface area contributed by atoms with Crippen molar-refractivity contribution in [3.8, 4) is 11.8 Å². The molecule has 0 radical (unpaired) electrons. The highest BCUT2D eigenvalue weighted by atomic mass is 16.5. The summed E-state index contributed by atoms with van der Waals surface area (Å²) in [5.41, 5.74) is 2.39. The maximum atomic E-state index is 12.1. The number of allylic oxidation sites excluding steroid dienone is 1. The topological polar surface area (TPSA) is 50.1 Å². The smallest absolute Gasteiger partial charge is 0.311 e. The van der Waals surface area contributed by atoms with Crippen LogP contribution in [-0.4, -0.2) is 5.97 Å².